The van der Waals surface area contributed by atoms with E-state index in [9.17, 15) is 0 Å². The van der Waals surface area contributed by atoms with Gasteiger partial charge in [-0.3, -0.25) is 0 Å². The van der Waals surface area contributed by atoms with Crippen LogP contribution in [0, 0.1) is 0 Å². The molecule has 5 heteroatoms. The predicted molar refractivity (Wildman–Crippen MR) is 176 cm³/mol. The van der Waals surface area contributed by atoms with E-state index in [0.29, 0.717) is 0 Å². The molecule has 2 aliphatic rings. The molecule has 42 heavy (non-hydrogen) atoms. The van der Waals surface area contributed by atoms with E-state index in [1.54, 1.807) is 0 Å². The Hall–Kier alpha value is -4.51. The molecule has 4 aromatic carbocycles. The molecule has 0 fully saturated rings. The van der Waals surface area contributed by atoms with Gasteiger partial charge in [-0.15, -0.1) is 0 Å². The minimum atomic E-state index is 0.731. The number of aromatic nitrogens is 1. The standard InChI is InChI=1S/C37H39N5/c1-3-5-22-39-26-41(34-20-9-14-28-12-7-18-32(39)36(28)34)24-30-16-11-17-31(38-30)25-42-27-40(23-6-4-2)33-19-8-13-29-15-10-21-35(42)37(29)33/h7-21,26-27H,3-6,22-25H2,1-2H3/q+2. The summed E-state index contributed by atoms with van der Waals surface area (Å²) in [6.45, 7) is 8.00. The Morgan fingerprint density at radius 1 is 0.548 bits per heavy atom. The van der Waals surface area contributed by atoms with E-state index in [0.717, 1.165) is 50.4 Å². The third-order valence-electron chi connectivity index (χ3n) is 8.55. The third kappa shape index (κ3) is 4.83. The Morgan fingerprint density at radius 3 is 1.43 bits per heavy atom. The molecule has 0 saturated carbocycles. The van der Waals surface area contributed by atoms with Gasteiger partial charge in [-0.25, -0.2) is 23.9 Å². The summed E-state index contributed by atoms with van der Waals surface area (Å²) in [5.41, 5.74) is 7.27. The number of hydrogen-bond acceptors (Lipinski definition) is 3. The zero-order valence-electron chi connectivity index (χ0n) is 24.7. The van der Waals surface area contributed by atoms with Crippen LogP contribution in [0.3, 0.4) is 0 Å². The van der Waals surface area contributed by atoms with Crippen molar-refractivity contribution in [3.63, 3.8) is 0 Å². The van der Waals surface area contributed by atoms with Crippen LogP contribution in [0.2, 0.25) is 0 Å². The van der Waals surface area contributed by atoms with Crippen LogP contribution < -0.4 is 9.80 Å². The smallest absolute Gasteiger partial charge is 0.244 e. The molecule has 0 atom stereocenters. The van der Waals surface area contributed by atoms with Gasteiger partial charge in [-0.05, 0) is 60.0 Å². The van der Waals surface area contributed by atoms with Crippen LogP contribution >= 0.6 is 0 Å². The Balaban J connectivity index is 1.21. The maximum atomic E-state index is 5.21. The van der Waals surface area contributed by atoms with E-state index in [2.05, 4.69) is 136 Å². The molecule has 0 amide bonds. The Labute approximate surface area is 248 Å². The predicted octanol–water partition coefficient (Wildman–Crippen LogP) is 8.37. The highest BCUT2D eigenvalue weighted by atomic mass is 15.2. The lowest BCUT2D eigenvalue weighted by molar-refractivity contribution is -0.456. The summed E-state index contributed by atoms with van der Waals surface area (Å²) in [5, 5.41) is 5.23. The summed E-state index contributed by atoms with van der Waals surface area (Å²) in [6, 6.07) is 33.1. The monoisotopic (exact) mass is 553 g/mol. The van der Waals surface area contributed by atoms with Crippen LogP contribution in [0.4, 0.5) is 22.7 Å². The minimum Gasteiger partial charge on any atom is -0.250 e. The van der Waals surface area contributed by atoms with Gasteiger partial charge in [0.2, 0.25) is 12.7 Å². The average molecular weight is 554 g/mol. The zero-order valence-corrected chi connectivity index (χ0v) is 24.7. The van der Waals surface area contributed by atoms with Crippen LogP contribution in [0.15, 0.2) is 91.0 Å². The van der Waals surface area contributed by atoms with Crippen molar-refractivity contribution in [1.82, 2.24) is 4.98 Å². The van der Waals surface area contributed by atoms with Gasteiger partial charge in [-0.2, -0.15) is 0 Å². The first-order chi connectivity index (χ1) is 20.7. The first-order valence-electron chi connectivity index (χ1n) is 15.5. The second kappa shape index (κ2) is 11.4. The molecule has 0 aliphatic carbocycles. The number of rotatable bonds is 10. The fraction of sp³-hybridized carbons (Fsp3) is 0.270. The number of unbranched alkanes of at least 4 members (excludes halogenated alkanes) is 2. The Kier molecular flexibility index (Phi) is 7.16. The first kappa shape index (κ1) is 26.4. The number of benzene rings is 4. The molecule has 0 unspecified atom stereocenters. The molecule has 2 aliphatic heterocycles. The number of hydrogen-bond donors (Lipinski definition) is 0. The maximum absolute atomic E-state index is 5.21. The molecular formula is C37H39N5+2. The zero-order chi connectivity index (χ0) is 28.5. The van der Waals surface area contributed by atoms with E-state index in [1.165, 1.54) is 57.1 Å². The summed E-state index contributed by atoms with van der Waals surface area (Å²) in [6.07, 6.45) is 9.26. The van der Waals surface area contributed by atoms with E-state index < -0.39 is 0 Å². The van der Waals surface area contributed by atoms with E-state index in [4.69, 9.17) is 4.98 Å². The summed E-state index contributed by atoms with van der Waals surface area (Å²) < 4.78 is 4.77. The van der Waals surface area contributed by atoms with Gasteiger partial charge in [0, 0.05) is 0 Å². The van der Waals surface area contributed by atoms with Crippen LogP contribution in [-0.2, 0) is 13.1 Å². The summed E-state index contributed by atoms with van der Waals surface area (Å²) in [7, 11) is 0. The fourth-order valence-electron chi connectivity index (χ4n) is 6.47. The van der Waals surface area contributed by atoms with Crippen LogP contribution in [-0.4, -0.2) is 39.9 Å². The minimum absolute atomic E-state index is 0.731. The van der Waals surface area contributed by atoms with Crippen molar-refractivity contribution in [2.45, 2.75) is 52.6 Å². The molecule has 7 rings (SSSR count). The first-order valence-corrected chi connectivity index (χ1v) is 15.5. The molecule has 0 bridgehead atoms. The van der Waals surface area contributed by atoms with Crippen molar-refractivity contribution in [3.8, 4) is 0 Å². The molecule has 5 nitrogen and oxygen atoms in total. The van der Waals surface area contributed by atoms with E-state index in [-0.39, 0.29) is 0 Å². The number of anilines is 2. The molecule has 210 valence electrons. The highest BCUT2D eigenvalue weighted by Crippen LogP contribution is 2.39. The molecular weight excluding hydrogens is 514 g/mol. The molecule has 0 spiro atoms. The number of nitrogens with zero attached hydrogens (tertiary/aromatic N) is 5. The number of pyridine rings is 1. The summed E-state index contributed by atoms with van der Waals surface area (Å²) in [5.74, 6) is 0. The van der Waals surface area contributed by atoms with Crippen molar-refractivity contribution in [1.29, 1.82) is 0 Å². The lowest BCUT2D eigenvalue weighted by atomic mass is 10.0. The van der Waals surface area contributed by atoms with Crippen molar-refractivity contribution >= 4 is 57.0 Å². The van der Waals surface area contributed by atoms with Crippen molar-refractivity contribution < 1.29 is 9.15 Å². The van der Waals surface area contributed by atoms with E-state index in [1.807, 2.05) is 0 Å². The van der Waals surface area contributed by atoms with Gasteiger partial charge in [0.15, 0.2) is 0 Å². The molecule has 0 N–H and O–H groups in total. The fourth-order valence-corrected chi connectivity index (χ4v) is 6.47. The van der Waals surface area contributed by atoms with Gasteiger partial charge in [-0.1, -0.05) is 81.3 Å². The van der Waals surface area contributed by atoms with Gasteiger partial charge < -0.3 is 0 Å². The highest BCUT2D eigenvalue weighted by Gasteiger charge is 2.28. The van der Waals surface area contributed by atoms with Crippen LogP contribution in [0.25, 0.3) is 21.5 Å². The Morgan fingerprint density at radius 2 is 0.976 bits per heavy atom. The summed E-state index contributed by atoms with van der Waals surface area (Å²) in [4.78, 5) is 10.1. The molecule has 5 aromatic rings. The van der Waals surface area contributed by atoms with E-state index >= 15 is 0 Å². The van der Waals surface area contributed by atoms with Crippen molar-refractivity contribution in [3.05, 3.63) is 102 Å². The lowest BCUT2D eigenvalue weighted by Crippen LogP contribution is -2.31. The third-order valence-corrected chi connectivity index (χ3v) is 8.55. The molecule has 0 radical (unpaired) electrons. The van der Waals surface area contributed by atoms with Gasteiger partial charge >= 0.3 is 0 Å². The van der Waals surface area contributed by atoms with Gasteiger partial charge in [0.25, 0.3) is 0 Å². The average Bonchev–Trinajstić information content (AvgIpc) is 3.02. The lowest BCUT2D eigenvalue weighted by Gasteiger charge is -2.24. The van der Waals surface area contributed by atoms with Crippen LogP contribution in [0.1, 0.15) is 50.9 Å². The Bertz CT molecular complexity index is 1690. The normalized spacial score (nSPS) is 14.0. The second-order valence-electron chi connectivity index (χ2n) is 11.5. The molecule has 1 aromatic heterocycles. The van der Waals surface area contributed by atoms with Crippen LogP contribution in [0.5, 0.6) is 0 Å². The SMILES string of the molecule is CCCCN1C=[N+](Cc2cccc(C[N+]3=CN(CCCC)c4cccc5cccc3c45)n2)c2cccc3cccc1c23. The summed E-state index contributed by atoms with van der Waals surface area (Å²) >= 11 is 0. The topological polar surface area (TPSA) is 25.4 Å². The second-order valence-corrected chi connectivity index (χ2v) is 11.5. The van der Waals surface area contributed by atoms with Gasteiger partial charge in [0.05, 0.1) is 35.2 Å². The maximum Gasteiger partial charge on any atom is 0.244 e. The molecule has 0 saturated heterocycles. The van der Waals surface area contributed by atoms with Gasteiger partial charge in [0.1, 0.15) is 35.8 Å². The quantitative estimate of drug-likeness (QED) is 0.162. The van der Waals surface area contributed by atoms with Crippen molar-refractivity contribution in [2.24, 2.45) is 0 Å². The highest BCUT2D eigenvalue weighted by molar-refractivity contribution is 6.07. The largest absolute Gasteiger partial charge is 0.250 e. The van der Waals surface area contributed by atoms with Crippen molar-refractivity contribution in [2.75, 3.05) is 22.9 Å². The molecule has 3 heterocycles.